The molecule has 1 amide bonds. The van der Waals surface area contributed by atoms with E-state index in [4.69, 9.17) is 19.4 Å². The van der Waals surface area contributed by atoms with Crippen molar-refractivity contribution in [2.45, 2.75) is 36.9 Å². The van der Waals surface area contributed by atoms with Gasteiger partial charge in [-0.05, 0) is 60.9 Å². The lowest BCUT2D eigenvalue weighted by atomic mass is 10.1. The minimum atomic E-state index is -3.51. The minimum Gasteiger partial charge on any atom is -0.379 e. The third kappa shape index (κ3) is 5.92. The van der Waals surface area contributed by atoms with Gasteiger partial charge in [0.25, 0.3) is 5.91 Å². The number of amides is 1. The molecule has 1 saturated heterocycles. The smallest absolute Gasteiger partial charge is 0.251 e. The molecule has 1 fully saturated rings. The number of nitrogens with one attached hydrogen (secondary N) is 1. The van der Waals surface area contributed by atoms with Gasteiger partial charge in [0, 0.05) is 30.8 Å². The number of sulfone groups is 1. The van der Waals surface area contributed by atoms with Gasteiger partial charge in [-0.2, -0.15) is 0 Å². The van der Waals surface area contributed by atoms with Crippen molar-refractivity contribution in [1.82, 2.24) is 20.3 Å². The number of hydrogen-bond donors (Lipinski definition) is 1. The van der Waals surface area contributed by atoms with E-state index in [1.165, 1.54) is 6.07 Å². The lowest BCUT2D eigenvalue weighted by molar-refractivity contribution is 0.0805. The summed E-state index contributed by atoms with van der Waals surface area (Å²) in [6.07, 6.45) is 3.84. The molecule has 11 heteroatoms. The number of benzene rings is 1. The van der Waals surface area contributed by atoms with E-state index in [9.17, 15) is 13.2 Å². The van der Waals surface area contributed by atoms with Crippen molar-refractivity contribution in [1.29, 1.82) is 0 Å². The van der Waals surface area contributed by atoms with Crippen molar-refractivity contribution < 1.29 is 22.7 Å². The lowest BCUT2D eigenvalue weighted by Crippen LogP contribution is -2.39. The number of anilines is 1. The third-order valence-corrected chi connectivity index (χ3v) is 9.28. The number of hydrogen-bond acceptors (Lipinski definition) is 9. The highest BCUT2D eigenvalue weighted by molar-refractivity contribution is 7.91. The molecule has 6 rings (SSSR count). The molecule has 1 N–H and O–H groups in total. The summed E-state index contributed by atoms with van der Waals surface area (Å²) in [5.41, 5.74) is 3.70. The summed E-state index contributed by atoms with van der Waals surface area (Å²) in [7, 11) is -1.46. The average molecular weight is 574 g/mol. The van der Waals surface area contributed by atoms with Crippen molar-refractivity contribution in [2.24, 2.45) is 0 Å². The summed E-state index contributed by atoms with van der Waals surface area (Å²) < 4.78 is 36.2. The molecule has 0 bridgehead atoms. The molecule has 0 radical (unpaired) electrons. The van der Waals surface area contributed by atoms with Gasteiger partial charge in [0.2, 0.25) is 0 Å². The molecular weight excluding hydrogens is 542 g/mol. The van der Waals surface area contributed by atoms with Gasteiger partial charge in [-0.15, -0.1) is 0 Å². The number of ether oxygens (including phenoxy) is 2. The van der Waals surface area contributed by atoms with Crippen LogP contribution in [-0.2, 0) is 32.5 Å². The Bertz CT molecular complexity index is 1710. The summed E-state index contributed by atoms with van der Waals surface area (Å²) in [4.78, 5) is 29.4. The first kappa shape index (κ1) is 27.3. The minimum absolute atomic E-state index is 0.104. The number of pyridine rings is 3. The van der Waals surface area contributed by atoms with Crippen molar-refractivity contribution in [3.63, 3.8) is 0 Å². The Morgan fingerprint density at radius 2 is 1.93 bits per heavy atom. The highest BCUT2D eigenvalue weighted by Crippen LogP contribution is 2.25. The zero-order chi connectivity index (χ0) is 28.4. The Morgan fingerprint density at radius 1 is 1.05 bits per heavy atom. The van der Waals surface area contributed by atoms with Gasteiger partial charge in [0.15, 0.2) is 9.84 Å². The van der Waals surface area contributed by atoms with E-state index in [0.29, 0.717) is 23.9 Å². The normalized spacial score (nSPS) is 18.3. The van der Waals surface area contributed by atoms with Crippen LogP contribution >= 0.6 is 0 Å². The maximum atomic E-state index is 12.9. The predicted molar refractivity (Wildman–Crippen MR) is 154 cm³/mol. The first-order chi connectivity index (χ1) is 19.9. The standard InChI is InChI=1S/C30H31N5O5S/c1-35(24-4-3-11-39-19-24)29-6-2-5-25(34-29)26-10-9-21-16-31-23(15-27(21)33-26)17-32-30(36)20-7-8-22-18-40-12-13-41(37,38)28(22)14-20/h2,5-10,14-16,24H,3-4,11-13,17-19H2,1H3,(H,32,36)/t24-/m0/s1. The van der Waals surface area contributed by atoms with Gasteiger partial charge in [-0.1, -0.05) is 12.1 Å². The van der Waals surface area contributed by atoms with Crippen molar-refractivity contribution in [2.75, 3.05) is 37.5 Å². The number of carbonyl (C=O) groups excluding carboxylic acids is 1. The molecule has 1 atom stereocenters. The summed E-state index contributed by atoms with van der Waals surface area (Å²) in [6, 6.07) is 16.6. The largest absolute Gasteiger partial charge is 0.379 e. The van der Waals surface area contributed by atoms with Crippen LogP contribution < -0.4 is 10.2 Å². The van der Waals surface area contributed by atoms with Crippen LogP contribution in [-0.4, -0.2) is 67.9 Å². The summed E-state index contributed by atoms with van der Waals surface area (Å²) >= 11 is 0. The van der Waals surface area contributed by atoms with Crippen molar-refractivity contribution >= 4 is 32.5 Å². The van der Waals surface area contributed by atoms with E-state index in [1.807, 2.05) is 43.4 Å². The van der Waals surface area contributed by atoms with Crippen LogP contribution in [0.2, 0.25) is 0 Å². The molecule has 1 aromatic carbocycles. The first-order valence-electron chi connectivity index (χ1n) is 13.6. The second-order valence-electron chi connectivity index (χ2n) is 10.3. The van der Waals surface area contributed by atoms with Crippen LogP contribution in [0.3, 0.4) is 0 Å². The zero-order valence-corrected chi connectivity index (χ0v) is 23.6. The quantitative estimate of drug-likeness (QED) is 0.369. The van der Waals surface area contributed by atoms with E-state index in [0.717, 1.165) is 47.6 Å². The van der Waals surface area contributed by atoms with Gasteiger partial charge in [-0.25, -0.2) is 18.4 Å². The lowest BCUT2D eigenvalue weighted by Gasteiger charge is -2.32. The second kappa shape index (κ2) is 11.5. The first-order valence-corrected chi connectivity index (χ1v) is 15.3. The van der Waals surface area contributed by atoms with Crippen molar-refractivity contribution in [3.8, 4) is 11.4 Å². The van der Waals surface area contributed by atoms with Crippen LogP contribution in [0, 0.1) is 0 Å². The molecule has 0 aliphatic carbocycles. The predicted octanol–water partition coefficient (Wildman–Crippen LogP) is 3.54. The average Bonchev–Trinajstić information content (AvgIpc) is 3.16. The van der Waals surface area contributed by atoms with Crippen LogP contribution in [0.1, 0.15) is 34.5 Å². The fourth-order valence-corrected chi connectivity index (χ4v) is 6.50. The van der Waals surface area contributed by atoms with Crippen molar-refractivity contribution in [3.05, 3.63) is 77.6 Å². The number of rotatable bonds is 6. The Kier molecular flexibility index (Phi) is 7.65. The fraction of sp³-hybridized carbons (Fsp3) is 0.333. The Labute approximate surface area is 238 Å². The number of fused-ring (bicyclic) bond motifs is 2. The van der Waals surface area contributed by atoms with Gasteiger partial charge in [0.1, 0.15) is 5.82 Å². The van der Waals surface area contributed by atoms with Crippen LogP contribution in [0.15, 0.2) is 65.7 Å². The Morgan fingerprint density at radius 3 is 2.78 bits per heavy atom. The molecule has 5 heterocycles. The number of carbonyl (C=O) groups is 1. The third-order valence-electron chi connectivity index (χ3n) is 7.52. The summed E-state index contributed by atoms with van der Waals surface area (Å²) in [6.45, 7) is 2.02. The highest BCUT2D eigenvalue weighted by atomic mass is 32.2. The maximum Gasteiger partial charge on any atom is 0.251 e. The van der Waals surface area contributed by atoms with Gasteiger partial charge in [-0.3, -0.25) is 9.78 Å². The summed E-state index contributed by atoms with van der Waals surface area (Å²) in [5, 5.41) is 3.71. The van der Waals surface area contributed by atoms with E-state index in [1.54, 1.807) is 18.3 Å². The fourth-order valence-electron chi connectivity index (χ4n) is 5.11. The van der Waals surface area contributed by atoms with E-state index in [2.05, 4.69) is 15.2 Å². The van der Waals surface area contributed by atoms with Crippen LogP contribution in [0.25, 0.3) is 22.3 Å². The number of likely N-dealkylation sites (N-methyl/N-ethyl adjacent to an activating group) is 1. The SMILES string of the molecule is CN(c1cccc(-c2ccc3cnc(CNC(=O)c4ccc5c(c4)S(=O)(=O)CCOC5)cc3n2)n1)[C@H]1CCCOC1. The van der Waals surface area contributed by atoms with Crippen LogP contribution in [0.5, 0.6) is 0 Å². The Balaban J connectivity index is 1.18. The molecule has 0 saturated carbocycles. The summed E-state index contributed by atoms with van der Waals surface area (Å²) in [5.74, 6) is 0.383. The number of aromatic nitrogens is 3. The molecule has 41 heavy (non-hydrogen) atoms. The topological polar surface area (TPSA) is 124 Å². The molecule has 4 aromatic rings. The molecule has 2 aliphatic heterocycles. The molecular formula is C30H31N5O5S. The monoisotopic (exact) mass is 573 g/mol. The van der Waals surface area contributed by atoms with Gasteiger partial charge >= 0.3 is 0 Å². The Hall–Kier alpha value is -3.93. The molecule has 10 nitrogen and oxygen atoms in total. The van der Waals surface area contributed by atoms with Crippen LogP contribution in [0.4, 0.5) is 5.82 Å². The molecule has 3 aromatic heterocycles. The number of nitrogens with zero attached hydrogens (tertiary/aromatic N) is 4. The second-order valence-corrected chi connectivity index (χ2v) is 12.4. The van der Waals surface area contributed by atoms with E-state index < -0.39 is 9.84 Å². The highest BCUT2D eigenvalue weighted by Gasteiger charge is 2.24. The molecule has 0 spiro atoms. The van der Waals surface area contributed by atoms with E-state index in [-0.39, 0.29) is 41.9 Å². The maximum absolute atomic E-state index is 12.9. The molecule has 2 aliphatic rings. The van der Waals surface area contributed by atoms with Gasteiger partial charge < -0.3 is 19.7 Å². The molecule has 0 unspecified atom stereocenters. The molecule has 212 valence electrons. The van der Waals surface area contributed by atoms with E-state index >= 15 is 0 Å². The zero-order valence-electron chi connectivity index (χ0n) is 22.7. The van der Waals surface area contributed by atoms with Gasteiger partial charge in [0.05, 0.1) is 65.7 Å².